The summed E-state index contributed by atoms with van der Waals surface area (Å²) >= 11 is 0. The first-order chi connectivity index (χ1) is 15.3. The molecular formula is C24H18N3O3P. The molecule has 6 nitrogen and oxygen atoms in total. The predicted octanol–water partition coefficient (Wildman–Crippen LogP) is 6.89. The van der Waals surface area contributed by atoms with Gasteiger partial charge in [0.05, 0.1) is 0 Å². The van der Waals surface area contributed by atoms with Crippen molar-refractivity contribution in [1.82, 2.24) is 15.0 Å². The molecule has 3 N–H and O–H groups in total. The van der Waals surface area contributed by atoms with Crippen molar-refractivity contribution in [2.45, 2.75) is 0 Å². The van der Waals surface area contributed by atoms with E-state index >= 15 is 0 Å². The minimum Gasteiger partial charge on any atom is -0.392 e. The fraction of sp³-hybridized carbons (Fsp3) is 0. The maximum Gasteiger partial charge on any atom is 0.533 e. The van der Waals surface area contributed by atoms with Crippen molar-refractivity contribution in [1.29, 1.82) is 0 Å². The van der Waals surface area contributed by atoms with Crippen molar-refractivity contribution in [2.24, 2.45) is 0 Å². The number of benzene rings is 3. The second kappa shape index (κ2) is 7.42. The van der Waals surface area contributed by atoms with Gasteiger partial charge in [0.15, 0.2) is 0 Å². The van der Waals surface area contributed by atoms with E-state index in [1.165, 1.54) is 0 Å². The Balaban J connectivity index is 1.32. The molecule has 0 aliphatic rings. The zero-order valence-electron chi connectivity index (χ0n) is 16.3. The first kappa shape index (κ1) is 17.9. The summed E-state index contributed by atoms with van der Waals surface area (Å²) in [6.07, 6.45) is 0. The number of hydrogen-bond donors (Lipinski definition) is 3. The van der Waals surface area contributed by atoms with Crippen LogP contribution in [0.25, 0.3) is 32.7 Å². The van der Waals surface area contributed by atoms with E-state index < -0.39 is 8.60 Å². The van der Waals surface area contributed by atoms with Crippen LogP contribution in [0.3, 0.4) is 0 Å². The summed E-state index contributed by atoms with van der Waals surface area (Å²) in [4.78, 5) is 9.79. The number of aromatic amines is 3. The molecule has 3 aromatic carbocycles. The van der Waals surface area contributed by atoms with Crippen molar-refractivity contribution < 1.29 is 13.6 Å². The zero-order valence-corrected chi connectivity index (χ0v) is 17.2. The highest BCUT2D eigenvalue weighted by molar-refractivity contribution is 7.43. The molecule has 3 aromatic heterocycles. The number of rotatable bonds is 6. The number of aromatic nitrogens is 3. The molecule has 0 radical (unpaired) electrons. The van der Waals surface area contributed by atoms with Gasteiger partial charge in [0.25, 0.3) is 0 Å². The van der Waals surface area contributed by atoms with Gasteiger partial charge < -0.3 is 28.5 Å². The van der Waals surface area contributed by atoms with E-state index in [0.29, 0.717) is 17.6 Å². The number of nitrogens with one attached hydrogen (secondary N) is 3. The van der Waals surface area contributed by atoms with Crippen molar-refractivity contribution in [3.05, 3.63) is 91.0 Å². The van der Waals surface area contributed by atoms with Gasteiger partial charge in [-0.05, 0) is 18.2 Å². The number of H-pyrrole nitrogens is 3. The van der Waals surface area contributed by atoms with E-state index in [-0.39, 0.29) is 0 Å². The largest absolute Gasteiger partial charge is 0.533 e. The van der Waals surface area contributed by atoms with Crippen LogP contribution in [0.1, 0.15) is 0 Å². The molecule has 0 saturated carbocycles. The van der Waals surface area contributed by atoms with Gasteiger partial charge in [0.1, 0.15) is 0 Å². The third kappa shape index (κ3) is 3.58. The van der Waals surface area contributed by atoms with Crippen LogP contribution in [0, 0.1) is 0 Å². The Bertz CT molecular complexity index is 1220. The molecule has 0 amide bonds. The molecule has 0 aliphatic heterocycles. The maximum atomic E-state index is 6.12. The fourth-order valence-electron chi connectivity index (χ4n) is 3.58. The van der Waals surface area contributed by atoms with Crippen LogP contribution in [-0.4, -0.2) is 15.0 Å². The third-order valence-electron chi connectivity index (χ3n) is 5.03. The summed E-state index contributed by atoms with van der Waals surface area (Å²) < 4.78 is 18.4. The average molecular weight is 427 g/mol. The van der Waals surface area contributed by atoms with Crippen LogP contribution in [-0.2, 0) is 0 Å². The SMILES string of the molecule is c1ccc2[nH]c(OP(Oc3cc4ccccc4[nH]3)Oc3cc4ccccc4[nH]3)cc2c1. The molecule has 6 rings (SSSR count). The van der Waals surface area contributed by atoms with E-state index in [1.54, 1.807) is 0 Å². The third-order valence-corrected chi connectivity index (χ3v) is 6.07. The zero-order chi connectivity index (χ0) is 20.6. The van der Waals surface area contributed by atoms with Gasteiger partial charge in [-0.1, -0.05) is 54.6 Å². The molecule has 0 unspecified atom stereocenters. The van der Waals surface area contributed by atoms with Gasteiger partial charge in [0, 0.05) is 50.9 Å². The lowest BCUT2D eigenvalue weighted by atomic mass is 10.3. The Morgan fingerprint density at radius 1 is 0.452 bits per heavy atom. The smallest absolute Gasteiger partial charge is 0.392 e. The summed E-state index contributed by atoms with van der Waals surface area (Å²) in [7, 11) is -1.79. The molecule has 7 heteroatoms. The van der Waals surface area contributed by atoms with Gasteiger partial charge in [-0.25, -0.2) is 0 Å². The van der Waals surface area contributed by atoms with E-state index in [0.717, 1.165) is 32.7 Å². The molecule has 0 aliphatic carbocycles. The van der Waals surface area contributed by atoms with Crippen molar-refractivity contribution in [2.75, 3.05) is 0 Å². The van der Waals surface area contributed by atoms with Crippen LogP contribution in [0.15, 0.2) is 91.0 Å². The Hall–Kier alpha value is -3.89. The molecule has 152 valence electrons. The quantitative estimate of drug-likeness (QED) is 0.253. The molecule has 31 heavy (non-hydrogen) atoms. The second-order valence-electron chi connectivity index (χ2n) is 7.16. The lowest BCUT2D eigenvalue weighted by molar-refractivity contribution is 0.374. The Morgan fingerprint density at radius 3 is 1.10 bits per heavy atom. The van der Waals surface area contributed by atoms with E-state index in [1.807, 2.05) is 91.0 Å². The Kier molecular flexibility index (Phi) is 4.29. The van der Waals surface area contributed by atoms with E-state index in [4.69, 9.17) is 13.6 Å². The molecule has 0 spiro atoms. The lowest BCUT2D eigenvalue weighted by Crippen LogP contribution is -2.02. The van der Waals surface area contributed by atoms with Gasteiger partial charge >= 0.3 is 8.60 Å². The van der Waals surface area contributed by atoms with Crippen LogP contribution in [0.4, 0.5) is 0 Å². The first-order valence-electron chi connectivity index (χ1n) is 9.87. The highest BCUT2D eigenvalue weighted by Crippen LogP contribution is 2.43. The molecule has 6 aromatic rings. The van der Waals surface area contributed by atoms with Gasteiger partial charge in [-0.15, -0.1) is 0 Å². The van der Waals surface area contributed by atoms with Gasteiger partial charge in [-0.2, -0.15) is 0 Å². The summed E-state index contributed by atoms with van der Waals surface area (Å²) in [5.41, 5.74) is 2.97. The van der Waals surface area contributed by atoms with Crippen LogP contribution in [0.5, 0.6) is 17.6 Å². The minimum atomic E-state index is -1.79. The molecule has 0 atom stereocenters. The van der Waals surface area contributed by atoms with E-state index in [9.17, 15) is 0 Å². The van der Waals surface area contributed by atoms with Crippen LogP contribution in [0.2, 0.25) is 0 Å². The van der Waals surface area contributed by atoms with E-state index in [2.05, 4.69) is 15.0 Å². The first-order valence-corrected chi connectivity index (χ1v) is 11.0. The topological polar surface area (TPSA) is 75.1 Å². The van der Waals surface area contributed by atoms with Crippen molar-refractivity contribution >= 4 is 41.3 Å². The summed E-state index contributed by atoms with van der Waals surface area (Å²) in [5, 5.41) is 3.18. The Labute approximate surface area is 178 Å². The van der Waals surface area contributed by atoms with Gasteiger partial charge in [0.2, 0.25) is 17.6 Å². The minimum absolute atomic E-state index is 0.583. The van der Waals surface area contributed by atoms with Gasteiger partial charge in [-0.3, -0.25) is 0 Å². The molecular weight excluding hydrogens is 409 g/mol. The standard InChI is InChI=1S/C24H18N3O3P/c1-4-10-19-16(7-1)13-22(25-19)28-31(29-23-14-17-8-2-5-11-20(17)26-23)30-24-15-18-9-3-6-12-21(18)27-24/h1-15,25-27H. The Morgan fingerprint density at radius 2 is 0.774 bits per heavy atom. The van der Waals surface area contributed by atoms with Crippen molar-refractivity contribution in [3.8, 4) is 17.6 Å². The second-order valence-corrected chi connectivity index (χ2v) is 8.15. The summed E-state index contributed by atoms with van der Waals surface area (Å²) in [6.45, 7) is 0. The number of hydrogen-bond acceptors (Lipinski definition) is 3. The number of fused-ring (bicyclic) bond motifs is 3. The van der Waals surface area contributed by atoms with Crippen LogP contribution < -0.4 is 13.6 Å². The monoisotopic (exact) mass is 427 g/mol. The fourth-order valence-corrected chi connectivity index (χ4v) is 4.47. The maximum absolute atomic E-state index is 6.12. The normalized spacial score (nSPS) is 11.5. The summed E-state index contributed by atoms with van der Waals surface area (Å²) in [6, 6.07) is 29.8. The molecule has 0 fully saturated rings. The highest BCUT2D eigenvalue weighted by atomic mass is 31.2. The summed E-state index contributed by atoms with van der Waals surface area (Å²) in [5.74, 6) is 1.75. The predicted molar refractivity (Wildman–Crippen MR) is 124 cm³/mol. The number of para-hydroxylation sites is 3. The average Bonchev–Trinajstić information content (AvgIpc) is 3.48. The molecule has 0 saturated heterocycles. The van der Waals surface area contributed by atoms with Crippen molar-refractivity contribution in [3.63, 3.8) is 0 Å². The molecule has 0 bridgehead atoms. The van der Waals surface area contributed by atoms with Crippen LogP contribution >= 0.6 is 8.60 Å². The lowest BCUT2D eigenvalue weighted by Gasteiger charge is -2.15. The highest BCUT2D eigenvalue weighted by Gasteiger charge is 2.23. The molecule has 3 heterocycles.